The molecule has 0 aromatic heterocycles. The van der Waals surface area contributed by atoms with E-state index < -0.39 is 0 Å². The fraction of sp³-hybridized carbons (Fsp3) is 0.562. The van der Waals surface area contributed by atoms with Gasteiger partial charge in [-0.05, 0) is 44.9 Å². The van der Waals surface area contributed by atoms with Crippen molar-refractivity contribution in [3.63, 3.8) is 0 Å². The van der Waals surface area contributed by atoms with Crippen molar-refractivity contribution >= 4 is 17.4 Å². The minimum atomic E-state index is -0.373. The van der Waals surface area contributed by atoms with Gasteiger partial charge in [0.2, 0.25) is 0 Å². The molecule has 0 radical (unpaired) electrons. The molecule has 1 aromatic rings. The van der Waals surface area contributed by atoms with E-state index in [1.807, 2.05) is 0 Å². The highest BCUT2D eigenvalue weighted by Gasteiger charge is 2.40. The highest BCUT2D eigenvalue weighted by molar-refractivity contribution is 6.31. The van der Waals surface area contributed by atoms with Crippen LogP contribution in [0.2, 0.25) is 5.02 Å². The van der Waals surface area contributed by atoms with Crippen LogP contribution in [-0.4, -0.2) is 29.8 Å². The van der Waals surface area contributed by atoms with E-state index in [2.05, 4.69) is 11.9 Å². The van der Waals surface area contributed by atoms with Crippen LogP contribution in [0.25, 0.3) is 0 Å². The van der Waals surface area contributed by atoms with Gasteiger partial charge in [0.1, 0.15) is 11.6 Å². The molecule has 20 heavy (non-hydrogen) atoms. The molecule has 3 rings (SSSR count). The number of carbonyl (C=O) groups is 1. The number of Topliss-reactive ketones (excluding diaryl/α,β-unsaturated/α-hetero) is 1. The molecule has 2 aliphatic heterocycles. The minimum absolute atomic E-state index is 0.0689. The summed E-state index contributed by atoms with van der Waals surface area (Å²) in [5, 5.41) is 0.356. The normalized spacial score (nSPS) is 29.6. The maximum Gasteiger partial charge on any atom is 0.140 e. The zero-order valence-corrected chi connectivity index (χ0v) is 12.4. The lowest BCUT2D eigenvalue weighted by Crippen LogP contribution is -2.42. The first-order valence-corrected chi connectivity index (χ1v) is 7.61. The second-order valence-electron chi connectivity index (χ2n) is 6.06. The van der Waals surface area contributed by atoms with E-state index in [0.717, 1.165) is 12.8 Å². The van der Waals surface area contributed by atoms with E-state index in [4.69, 9.17) is 11.6 Å². The maximum absolute atomic E-state index is 13.8. The van der Waals surface area contributed by atoms with Gasteiger partial charge in [-0.25, -0.2) is 4.39 Å². The number of fused-ring (bicyclic) bond motifs is 2. The topological polar surface area (TPSA) is 20.3 Å². The van der Waals surface area contributed by atoms with Crippen molar-refractivity contribution in [1.29, 1.82) is 0 Å². The summed E-state index contributed by atoms with van der Waals surface area (Å²) in [7, 11) is 2.15. The number of benzene rings is 1. The number of piperidine rings is 1. The van der Waals surface area contributed by atoms with Crippen LogP contribution in [-0.2, 0) is 11.2 Å². The van der Waals surface area contributed by atoms with Crippen molar-refractivity contribution in [2.45, 2.75) is 44.2 Å². The molecule has 1 aromatic carbocycles. The molecule has 2 nitrogen and oxygen atoms in total. The lowest BCUT2D eigenvalue weighted by Gasteiger charge is -2.35. The Morgan fingerprint density at radius 2 is 2.00 bits per heavy atom. The average molecular weight is 296 g/mol. The van der Waals surface area contributed by atoms with Gasteiger partial charge in [0.05, 0.1) is 0 Å². The molecule has 2 saturated heterocycles. The molecule has 108 valence electrons. The number of nitrogens with zero attached hydrogens (tertiary/aromatic N) is 1. The van der Waals surface area contributed by atoms with Crippen molar-refractivity contribution in [1.82, 2.24) is 4.90 Å². The third kappa shape index (κ3) is 2.49. The van der Waals surface area contributed by atoms with E-state index in [0.29, 0.717) is 22.7 Å². The Hall–Kier alpha value is -0.930. The summed E-state index contributed by atoms with van der Waals surface area (Å²) in [6, 6.07) is 5.64. The fourth-order valence-corrected chi connectivity index (χ4v) is 3.92. The SMILES string of the molecule is CN1C2CCC1CC(C(=O)Cc1c(F)cccc1Cl)C2. The zero-order valence-electron chi connectivity index (χ0n) is 11.6. The standard InChI is InChI=1S/C16H19ClFNO/c1-19-11-5-6-12(19)8-10(7-11)16(20)9-13-14(17)3-2-4-15(13)18/h2-4,10-12H,5-9H2,1H3. The van der Waals surface area contributed by atoms with E-state index in [-0.39, 0.29) is 23.9 Å². The van der Waals surface area contributed by atoms with Crippen molar-refractivity contribution < 1.29 is 9.18 Å². The molecule has 2 atom stereocenters. The lowest BCUT2D eigenvalue weighted by atomic mass is 9.85. The lowest BCUT2D eigenvalue weighted by molar-refractivity contribution is -0.124. The molecule has 4 heteroatoms. The summed E-state index contributed by atoms with van der Waals surface area (Å²) < 4.78 is 13.8. The first-order valence-electron chi connectivity index (χ1n) is 7.23. The van der Waals surface area contributed by atoms with Crippen molar-refractivity contribution in [2.24, 2.45) is 5.92 Å². The summed E-state index contributed by atoms with van der Waals surface area (Å²) in [5.41, 5.74) is 0.352. The molecule has 2 unspecified atom stereocenters. The number of ketones is 1. The van der Waals surface area contributed by atoms with Crippen LogP contribution >= 0.6 is 11.6 Å². The quantitative estimate of drug-likeness (QED) is 0.851. The van der Waals surface area contributed by atoms with Crippen LogP contribution in [0.15, 0.2) is 18.2 Å². The van der Waals surface area contributed by atoms with Gasteiger partial charge in [0.25, 0.3) is 0 Å². The maximum atomic E-state index is 13.8. The summed E-state index contributed by atoms with van der Waals surface area (Å²) in [5.74, 6) is -0.164. The Kier molecular flexibility index (Phi) is 3.83. The Balaban J connectivity index is 1.71. The molecule has 0 aliphatic carbocycles. The van der Waals surface area contributed by atoms with E-state index >= 15 is 0 Å². The first-order chi connectivity index (χ1) is 9.56. The fourth-order valence-electron chi connectivity index (χ4n) is 3.69. The average Bonchev–Trinajstić information content (AvgIpc) is 2.65. The molecule has 0 spiro atoms. The minimum Gasteiger partial charge on any atom is -0.300 e. The van der Waals surface area contributed by atoms with Crippen LogP contribution < -0.4 is 0 Å². The zero-order chi connectivity index (χ0) is 14.3. The van der Waals surface area contributed by atoms with Crippen molar-refractivity contribution in [2.75, 3.05) is 7.05 Å². The highest BCUT2D eigenvalue weighted by atomic mass is 35.5. The Morgan fingerprint density at radius 1 is 1.35 bits per heavy atom. The molecule has 0 N–H and O–H groups in total. The predicted molar refractivity (Wildman–Crippen MR) is 77.4 cm³/mol. The van der Waals surface area contributed by atoms with E-state index in [1.54, 1.807) is 12.1 Å². The van der Waals surface area contributed by atoms with E-state index in [1.165, 1.54) is 18.9 Å². The molecule has 2 bridgehead atoms. The summed E-state index contributed by atoms with van der Waals surface area (Å²) in [4.78, 5) is 14.9. The van der Waals surface area contributed by atoms with Crippen LogP contribution in [0.3, 0.4) is 0 Å². The monoisotopic (exact) mass is 295 g/mol. The number of halogens is 2. The number of hydrogen-bond acceptors (Lipinski definition) is 2. The Bertz CT molecular complexity index is 499. The van der Waals surface area contributed by atoms with Gasteiger partial charge in [-0.1, -0.05) is 17.7 Å². The number of carbonyl (C=O) groups excluding carboxylic acids is 1. The summed E-state index contributed by atoms with van der Waals surface area (Å²) in [6.45, 7) is 0. The number of rotatable bonds is 3. The largest absolute Gasteiger partial charge is 0.300 e. The van der Waals surface area contributed by atoms with Gasteiger partial charge < -0.3 is 4.90 Å². The van der Waals surface area contributed by atoms with Gasteiger partial charge in [-0.2, -0.15) is 0 Å². The molecular formula is C16H19ClFNO. The molecule has 2 aliphatic rings. The molecule has 0 amide bonds. The molecule has 0 saturated carbocycles. The molecular weight excluding hydrogens is 277 g/mol. The molecule has 2 fully saturated rings. The second kappa shape index (κ2) is 5.45. The van der Waals surface area contributed by atoms with Crippen LogP contribution in [0.4, 0.5) is 4.39 Å². The van der Waals surface area contributed by atoms with Gasteiger partial charge >= 0.3 is 0 Å². The number of hydrogen-bond donors (Lipinski definition) is 0. The van der Waals surface area contributed by atoms with Gasteiger partial charge in [-0.3, -0.25) is 4.79 Å². The van der Waals surface area contributed by atoms with Crippen molar-refractivity contribution in [3.8, 4) is 0 Å². The second-order valence-corrected chi connectivity index (χ2v) is 6.47. The third-order valence-electron chi connectivity index (χ3n) is 4.97. The smallest absolute Gasteiger partial charge is 0.140 e. The van der Waals surface area contributed by atoms with E-state index in [9.17, 15) is 9.18 Å². The summed E-state index contributed by atoms with van der Waals surface area (Å²) in [6.07, 6.45) is 4.33. The van der Waals surface area contributed by atoms with Crippen LogP contribution in [0.5, 0.6) is 0 Å². The van der Waals surface area contributed by atoms with Gasteiger partial charge in [0.15, 0.2) is 0 Å². The van der Waals surface area contributed by atoms with Crippen molar-refractivity contribution in [3.05, 3.63) is 34.6 Å². The van der Waals surface area contributed by atoms with Gasteiger partial charge in [0, 0.05) is 35.0 Å². The Morgan fingerprint density at radius 3 is 2.60 bits per heavy atom. The third-order valence-corrected chi connectivity index (χ3v) is 5.32. The predicted octanol–water partition coefficient (Wildman–Crippen LogP) is 3.46. The molecule has 2 heterocycles. The van der Waals surface area contributed by atoms with Gasteiger partial charge in [-0.15, -0.1) is 0 Å². The van der Waals surface area contributed by atoms with Crippen LogP contribution in [0.1, 0.15) is 31.2 Å². The first kappa shape index (κ1) is 14.0. The Labute approximate surface area is 123 Å². The summed E-state index contributed by atoms with van der Waals surface area (Å²) >= 11 is 6.00. The highest BCUT2D eigenvalue weighted by Crippen LogP contribution is 2.38. The van der Waals surface area contributed by atoms with Crippen LogP contribution in [0, 0.1) is 11.7 Å².